The van der Waals surface area contributed by atoms with Crippen molar-refractivity contribution in [3.8, 4) is 10.6 Å². The predicted octanol–water partition coefficient (Wildman–Crippen LogP) is 14.1. The molecule has 0 saturated carbocycles. The molecule has 0 spiro atoms. The van der Waals surface area contributed by atoms with Crippen molar-refractivity contribution < 1.29 is 4.42 Å². The van der Waals surface area contributed by atoms with E-state index in [2.05, 4.69) is 138 Å². The predicted molar refractivity (Wildman–Crippen MR) is 213 cm³/mol. The number of fused-ring (bicyclic) bond motifs is 11. The van der Waals surface area contributed by atoms with Crippen LogP contribution in [0.15, 0.2) is 150 Å². The Kier molecular flexibility index (Phi) is 5.87. The zero-order chi connectivity index (χ0) is 32.1. The number of aromatic nitrogens is 1. The third kappa shape index (κ3) is 4.21. The Bertz CT molecular complexity index is 2960. The maximum absolute atomic E-state index is 6.40. The molecule has 0 aliphatic heterocycles. The van der Waals surface area contributed by atoms with Gasteiger partial charge in [-0.15, -0.1) is 34.0 Å². The van der Waals surface area contributed by atoms with Gasteiger partial charge in [-0.3, -0.25) is 0 Å². The SMILES string of the molecule is c1ccc(-c2nc3ccc4sc5ccc(N(c6ccc7c(c6)oc6ccccc67)c6ccc7c(c6)sc6ccccc67)cc5c4c3s2)cc1. The quantitative estimate of drug-likeness (QED) is 0.185. The summed E-state index contributed by atoms with van der Waals surface area (Å²) in [6.45, 7) is 0. The van der Waals surface area contributed by atoms with Gasteiger partial charge in [-0.25, -0.2) is 4.98 Å². The molecule has 0 amide bonds. The molecule has 7 aromatic carbocycles. The van der Waals surface area contributed by atoms with Crippen LogP contribution in [0.4, 0.5) is 17.1 Å². The van der Waals surface area contributed by atoms with Crippen LogP contribution in [0.25, 0.3) is 83.1 Å². The van der Waals surface area contributed by atoms with Gasteiger partial charge in [0.1, 0.15) is 16.2 Å². The first-order valence-electron chi connectivity index (χ1n) is 16.2. The van der Waals surface area contributed by atoms with Crippen molar-refractivity contribution in [2.45, 2.75) is 0 Å². The summed E-state index contributed by atoms with van der Waals surface area (Å²) in [6, 6.07) is 52.3. The van der Waals surface area contributed by atoms with Gasteiger partial charge in [0, 0.05) is 79.8 Å². The van der Waals surface area contributed by atoms with Crippen molar-refractivity contribution in [3.05, 3.63) is 146 Å². The van der Waals surface area contributed by atoms with Gasteiger partial charge < -0.3 is 9.32 Å². The largest absolute Gasteiger partial charge is 0.456 e. The van der Waals surface area contributed by atoms with E-state index >= 15 is 0 Å². The summed E-state index contributed by atoms with van der Waals surface area (Å²) in [6.07, 6.45) is 0. The minimum absolute atomic E-state index is 0.883. The van der Waals surface area contributed by atoms with Crippen molar-refractivity contribution in [2.75, 3.05) is 4.90 Å². The van der Waals surface area contributed by atoms with Crippen molar-refractivity contribution in [2.24, 2.45) is 0 Å². The molecule has 11 aromatic rings. The molecule has 0 aliphatic rings. The number of para-hydroxylation sites is 1. The molecule has 0 atom stereocenters. The molecular weight excluding hydrogens is 657 g/mol. The monoisotopic (exact) mass is 680 g/mol. The smallest absolute Gasteiger partial charge is 0.137 e. The number of nitrogens with zero attached hydrogens (tertiary/aromatic N) is 2. The molecule has 0 bridgehead atoms. The van der Waals surface area contributed by atoms with E-state index in [1.807, 2.05) is 34.8 Å². The molecule has 0 aliphatic carbocycles. The highest BCUT2D eigenvalue weighted by Crippen LogP contribution is 2.46. The highest BCUT2D eigenvalue weighted by molar-refractivity contribution is 7.28. The zero-order valence-electron chi connectivity index (χ0n) is 25.9. The van der Waals surface area contributed by atoms with Crippen LogP contribution in [0, 0.1) is 0 Å². The van der Waals surface area contributed by atoms with Gasteiger partial charge in [0.2, 0.25) is 0 Å². The molecular formula is C43H24N2OS3. The highest BCUT2D eigenvalue weighted by Gasteiger charge is 2.20. The summed E-state index contributed by atoms with van der Waals surface area (Å²) in [5, 5.41) is 8.45. The fraction of sp³-hybridized carbons (Fsp3) is 0. The molecule has 49 heavy (non-hydrogen) atoms. The van der Waals surface area contributed by atoms with Gasteiger partial charge in [-0.1, -0.05) is 72.8 Å². The Morgan fingerprint density at radius 1 is 0.449 bits per heavy atom. The Labute approximate surface area is 292 Å². The van der Waals surface area contributed by atoms with Crippen LogP contribution in [0.1, 0.15) is 0 Å². The number of anilines is 3. The van der Waals surface area contributed by atoms with E-state index in [-0.39, 0.29) is 0 Å². The van der Waals surface area contributed by atoms with Crippen molar-refractivity contribution in [1.82, 2.24) is 4.98 Å². The Balaban J connectivity index is 1.15. The first-order chi connectivity index (χ1) is 24.2. The number of furan rings is 1. The molecule has 230 valence electrons. The standard InChI is InChI=1S/C43H24N2OS3/c1-2-8-25(9-3-1)43-44-34-19-21-39-41(42(34)49-43)33-22-26(16-20-38(33)47-39)45(27-14-17-30-29-10-4-6-12-35(29)46-36(30)23-27)28-15-18-32-31-11-5-7-13-37(31)48-40(32)24-28/h1-24H. The van der Waals surface area contributed by atoms with Gasteiger partial charge in [0.05, 0.1) is 10.2 Å². The van der Waals surface area contributed by atoms with Crippen LogP contribution in [-0.2, 0) is 0 Å². The van der Waals surface area contributed by atoms with Crippen LogP contribution in [-0.4, -0.2) is 4.98 Å². The minimum atomic E-state index is 0.883. The normalized spacial score (nSPS) is 12.1. The van der Waals surface area contributed by atoms with Gasteiger partial charge in [0.15, 0.2) is 0 Å². The lowest BCUT2D eigenvalue weighted by molar-refractivity contribution is 0.669. The van der Waals surface area contributed by atoms with Gasteiger partial charge >= 0.3 is 0 Å². The van der Waals surface area contributed by atoms with Crippen LogP contribution >= 0.6 is 34.0 Å². The van der Waals surface area contributed by atoms with E-state index < -0.39 is 0 Å². The molecule has 11 rings (SSSR count). The summed E-state index contributed by atoms with van der Waals surface area (Å²) < 4.78 is 12.8. The summed E-state index contributed by atoms with van der Waals surface area (Å²) in [7, 11) is 0. The maximum atomic E-state index is 6.40. The fourth-order valence-corrected chi connectivity index (χ4v) is 10.7. The van der Waals surface area contributed by atoms with Crippen molar-refractivity contribution in [1.29, 1.82) is 0 Å². The second-order valence-electron chi connectivity index (χ2n) is 12.3. The minimum Gasteiger partial charge on any atom is -0.456 e. The molecule has 6 heteroatoms. The van der Waals surface area contributed by atoms with E-state index in [1.165, 1.54) is 45.0 Å². The van der Waals surface area contributed by atoms with Crippen molar-refractivity contribution >= 4 is 124 Å². The number of hydrogen-bond acceptors (Lipinski definition) is 6. The maximum Gasteiger partial charge on any atom is 0.137 e. The molecule has 0 radical (unpaired) electrons. The fourth-order valence-electron chi connectivity index (χ4n) is 7.23. The first kappa shape index (κ1) is 27.4. The first-order valence-corrected chi connectivity index (χ1v) is 18.6. The molecule has 0 unspecified atom stereocenters. The lowest BCUT2D eigenvalue weighted by Crippen LogP contribution is -2.09. The summed E-state index contributed by atoms with van der Waals surface area (Å²) in [5.41, 5.74) is 7.26. The van der Waals surface area contributed by atoms with Crippen molar-refractivity contribution in [3.63, 3.8) is 0 Å². The number of hydrogen-bond donors (Lipinski definition) is 0. The molecule has 0 fully saturated rings. The number of thiophene rings is 2. The van der Waals surface area contributed by atoms with Gasteiger partial charge in [-0.05, 0) is 66.7 Å². The molecule has 4 aromatic heterocycles. The van der Waals surface area contributed by atoms with E-state index in [4.69, 9.17) is 9.40 Å². The van der Waals surface area contributed by atoms with Crippen LogP contribution in [0.5, 0.6) is 0 Å². The average molecular weight is 681 g/mol. The Hall–Kier alpha value is -5.53. The van der Waals surface area contributed by atoms with E-state index in [1.54, 1.807) is 11.3 Å². The lowest BCUT2D eigenvalue weighted by Gasteiger charge is -2.25. The van der Waals surface area contributed by atoms with Crippen LogP contribution in [0.2, 0.25) is 0 Å². The molecule has 3 nitrogen and oxygen atoms in total. The summed E-state index contributed by atoms with van der Waals surface area (Å²) in [5.74, 6) is 0. The van der Waals surface area contributed by atoms with Crippen LogP contribution in [0.3, 0.4) is 0 Å². The van der Waals surface area contributed by atoms with Gasteiger partial charge in [0.25, 0.3) is 0 Å². The highest BCUT2D eigenvalue weighted by atomic mass is 32.1. The van der Waals surface area contributed by atoms with Gasteiger partial charge in [-0.2, -0.15) is 0 Å². The third-order valence-electron chi connectivity index (χ3n) is 9.49. The molecule has 4 heterocycles. The van der Waals surface area contributed by atoms with Crippen LogP contribution < -0.4 is 4.90 Å². The summed E-state index contributed by atoms with van der Waals surface area (Å²) >= 11 is 5.48. The summed E-state index contributed by atoms with van der Waals surface area (Å²) in [4.78, 5) is 7.45. The molecule has 0 saturated heterocycles. The second-order valence-corrected chi connectivity index (χ2v) is 15.5. The van der Waals surface area contributed by atoms with E-state index in [0.29, 0.717) is 0 Å². The van der Waals surface area contributed by atoms with E-state index in [0.717, 1.165) is 55.1 Å². The van der Waals surface area contributed by atoms with E-state index in [9.17, 15) is 0 Å². The number of thiazole rings is 1. The Morgan fingerprint density at radius 2 is 1.10 bits per heavy atom. The second kappa shape index (κ2) is 10.5. The zero-order valence-corrected chi connectivity index (χ0v) is 28.3. The number of benzene rings is 7. The lowest BCUT2D eigenvalue weighted by atomic mass is 10.1. The third-order valence-corrected chi connectivity index (χ3v) is 12.9. The number of rotatable bonds is 4. The molecule has 0 N–H and O–H groups in total. The average Bonchev–Trinajstić information content (AvgIpc) is 3.92. The Morgan fingerprint density at radius 3 is 2.02 bits per heavy atom. The topological polar surface area (TPSA) is 29.3 Å².